The lowest BCUT2D eigenvalue weighted by Crippen LogP contribution is -2.32. The van der Waals surface area contributed by atoms with Gasteiger partial charge in [0, 0.05) is 13.4 Å². The van der Waals surface area contributed by atoms with Gasteiger partial charge < -0.3 is 4.52 Å². The Bertz CT molecular complexity index is 237. The second-order valence-corrected chi connectivity index (χ2v) is 17.6. The van der Waals surface area contributed by atoms with Gasteiger partial charge in [-0.15, -0.1) is 0 Å². The molecule has 0 aromatic heterocycles. The average Bonchev–Trinajstić information content (AvgIpc) is 2.13. The third kappa shape index (κ3) is 7.58. The van der Waals surface area contributed by atoms with Gasteiger partial charge in [0.2, 0.25) is 0 Å². The van der Waals surface area contributed by atoms with Crippen LogP contribution in [0.5, 0.6) is 0 Å². The first-order valence-corrected chi connectivity index (χ1v) is 12.6. The van der Waals surface area contributed by atoms with Crippen LogP contribution in [0.4, 0.5) is 0 Å². The Kier molecular flexibility index (Phi) is 9.70. The number of Topliss-reactive ketones (excluding diaryl/α,β-unsaturated/α-hetero) is 1. The third-order valence-corrected chi connectivity index (χ3v) is 15.8. The largest absolute Gasteiger partial charge is 0.434 e. The Balaban J connectivity index is 4.21. The van der Waals surface area contributed by atoms with Crippen LogP contribution < -0.4 is 5.09 Å². The van der Waals surface area contributed by atoms with Crippen LogP contribution in [0.1, 0.15) is 13.3 Å². The highest BCUT2D eigenvalue weighted by molar-refractivity contribution is 8.81. The minimum absolute atomic E-state index is 0.0426. The highest BCUT2D eigenvalue weighted by Gasteiger charge is 2.23. The Labute approximate surface area is 101 Å². The summed E-state index contributed by atoms with van der Waals surface area (Å²) in [6, 6.07) is -0.567. The van der Waals surface area contributed by atoms with Gasteiger partial charge in [0.15, 0.2) is 0 Å². The summed E-state index contributed by atoms with van der Waals surface area (Å²) in [5.41, 5.74) is 0. The first-order chi connectivity index (χ1) is 6.88. The van der Waals surface area contributed by atoms with Gasteiger partial charge in [0.25, 0.3) is 0 Å². The first-order valence-electron chi connectivity index (χ1n) is 3.90. The fourth-order valence-corrected chi connectivity index (χ4v) is 3.04. The molecule has 6 atom stereocenters. The zero-order valence-electron chi connectivity index (χ0n) is 8.21. The predicted molar refractivity (Wildman–Crippen MR) is 81.0 cm³/mol. The number of carbonyl (C=O) groups is 2. The van der Waals surface area contributed by atoms with E-state index in [9.17, 15) is 9.59 Å². The fraction of sp³-hybridized carbons (Fsp3) is 0.600. The van der Waals surface area contributed by atoms with Crippen LogP contribution in [0, 0.1) is 0 Å². The van der Waals surface area contributed by atoms with Crippen molar-refractivity contribution in [3.8, 4) is 0 Å². The summed E-state index contributed by atoms with van der Waals surface area (Å²) in [7, 11) is 9.12. The summed E-state index contributed by atoms with van der Waals surface area (Å²) < 4.78 is 5.21. The van der Waals surface area contributed by atoms with Crippen molar-refractivity contribution in [2.45, 2.75) is 19.4 Å². The molecule has 0 aliphatic carbocycles. The molecule has 1 N–H and O–H groups in total. The van der Waals surface area contributed by atoms with E-state index in [0.717, 1.165) is 0 Å². The van der Waals surface area contributed by atoms with E-state index in [1.165, 1.54) is 6.92 Å². The summed E-state index contributed by atoms with van der Waals surface area (Å²) >= 11 is 0. The number of rotatable bonds is 6. The van der Waals surface area contributed by atoms with Crippen LogP contribution >= 0.6 is 50.7 Å². The van der Waals surface area contributed by atoms with Crippen molar-refractivity contribution in [2.24, 2.45) is 0 Å². The summed E-state index contributed by atoms with van der Waals surface area (Å²) in [6.45, 7) is 1.00. The van der Waals surface area contributed by atoms with E-state index >= 15 is 0 Å². The van der Waals surface area contributed by atoms with E-state index < -0.39 is 20.6 Å². The van der Waals surface area contributed by atoms with E-state index in [4.69, 9.17) is 4.52 Å². The summed E-state index contributed by atoms with van der Waals surface area (Å²) in [5.74, 6) is -0.419. The van der Waals surface area contributed by atoms with Crippen molar-refractivity contribution in [3.05, 3.63) is 0 Å². The molecule has 0 aromatic carbocycles. The van der Waals surface area contributed by atoms with Gasteiger partial charge in [-0.2, -0.15) is 0 Å². The summed E-state index contributed by atoms with van der Waals surface area (Å²) in [5, 5.41) is 2.69. The molecule has 0 spiro atoms. The number of hydrogen-bond donors (Lipinski definition) is 1. The molecule has 0 bridgehead atoms. The fourth-order valence-electron chi connectivity index (χ4n) is 0.701. The van der Waals surface area contributed by atoms with Gasteiger partial charge in [-0.1, -0.05) is 36.2 Å². The maximum atomic E-state index is 11.6. The normalized spacial score (nSPS) is 14.8. The molecule has 0 saturated heterocycles. The number of nitrogens with one attached hydrogen (secondary N) is 1. The number of hydrogen-bond acceptors (Lipinski definition) is 4. The zero-order chi connectivity index (χ0) is 12.0. The van der Waals surface area contributed by atoms with Gasteiger partial charge in [0.05, 0.1) is 0 Å². The molecule has 0 amide bonds. The minimum Gasteiger partial charge on any atom is -0.434 e. The molecule has 0 rings (SSSR count). The van der Waals surface area contributed by atoms with Crippen molar-refractivity contribution in [3.63, 3.8) is 0 Å². The van der Waals surface area contributed by atoms with Crippen LogP contribution in [0.2, 0.25) is 0 Å². The van der Waals surface area contributed by atoms with Gasteiger partial charge in [-0.25, -0.2) is 0 Å². The molecule has 0 aliphatic rings. The molecule has 0 radical (unpaired) electrons. The van der Waals surface area contributed by atoms with Crippen molar-refractivity contribution >= 4 is 62.4 Å². The smallest absolute Gasteiger partial charge is 0.327 e. The van der Waals surface area contributed by atoms with E-state index in [-0.39, 0.29) is 18.2 Å². The first kappa shape index (κ1) is 16.7. The molecule has 0 aliphatic heterocycles. The lowest BCUT2D eigenvalue weighted by molar-refractivity contribution is -0.137. The Morgan fingerprint density at radius 1 is 1.40 bits per heavy atom. The Morgan fingerprint density at radius 3 is 2.27 bits per heavy atom. The standard InChI is InChI=1S/C5H15NO3P6/c1-3(7)2-4(6-10)5(8)9-14(11)15(12)13/h4,6H,2,10-13H2,1H3/t4-,14?/m0/s1. The van der Waals surface area contributed by atoms with Crippen molar-refractivity contribution in [1.29, 1.82) is 0 Å². The number of carbonyl (C=O) groups excluding carboxylic acids is 2. The minimum atomic E-state index is -0.845. The van der Waals surface area contributed by atoms with Crippen LogP contribution in [0.15, 0.2) is 0 Å². The second kappa shape index (κ2) is 8.72. The molecule has 0 saturated carbocycles. The van der Waals surface area contributed by atoms with Crippen molar-refractivity contribution < 1.29 is 14.1 Å². The number of ketones is 1. The molecule has 0 aromatic rings. The van der Waals surface area contributed by atoms with E-state index in [1.807, 2.05) is 0 Å². The van der Waals surface area contributed by atoms with Gasteiger partial charge in [-0.3, -0.25) is 14.7 Å². The van der Waals surface area contributed by atoms with Crippen LogP contribution in [0.3, 0.4) is 0 Å². The van der Waals surface area contributed by atoms with Crippen LogP contribution in [-0.2, 0) is 14.1 Å². The maximum absolute atomic E-state index is 11.6. The zero-order valence-corrected chi connectivity index (χ0v) is 14.6. The van der Waals surface area contributed by atoms with Crippen LogP contribution in [0.25, 0.3) is 0 Å². The SMILES string of the molecule is CC(=O)C[C@H](NP)C(=O)OP(P)P(P)P. The third-order valence-electron chi connectivity index (χ3n) is 1.39. The van der Waals surface area contributed by atoms with E-state index in [0.29, 0.717) is 0 Å². The Morgan fingerprint density at radius 2 is 1.93 bits per heavy atom. The van der Waals surface area contributed by atoms with Gasteiger partial charge in [-0.05, 0) is 6.92 Å². The highest BCUT2D eigenvalue weighted by Crippen LogP contribution is 2.83. The molecule has 4 nitrogen and oxygen atoms in total. The van der Waals surface area contributed by atoms with Crippen LogP contribution in [-0.4, -0.2) is 17.8 Å². The van der Waals surface area contributed by atoms with Crippen molar-refractivity contribution in [2.75, 3.05) is 0 Å². The lowest BCUT2D eigenvalue weighted by Gasteiger charge is -2.19. The molecule has 15 heavy (non-hydrogen) atoms. The molecule has 10 heteroatoms. The second-order valence-electron chi connectivity index (χ2n) is 2.72. The van der Waals surface area contributed by atoms with E-state index in [1.54, 1.807) is 0 Å². The average molecular weight is 323 g/mol. The van der Waals surface area contributed by atoms with Gasteiger partial charge >= 0.3 is 5.97 Å². The quantitative estimate of drug-likeness (QED) is 0.763. The van der Waals surface area contributed by atoms with Crippen molar-refractivity contribution in [1.82, 2.24) is 5.09 Å². The monoisotopic (exact) mass is 323 g/mol. The molecule has 0 fully saturated rings. The lowest BCUT2D eigenvalue weighted by atomic mass is 10.2. The Hall–Kier alpha value is 1.68. The maximum Gasteiger partial charge on any atom is 0.327 e. The predicted octanol–water partition coefficient (Wildman–Crippen LogP) is 2.42. The molecule has 0 heterocycles. The highest BCUT2D eigenvalue weighted by atomic mass is 32.8. The van der Waals surface area contributed by atoms with Gasteiger partial charge in [0.1, 0.15) is 19.4 Å². The summed E-state index contributed by atoms with van der Waals surface area (Å²) in [4.78, 5) is 22.4. The molecular weight excluding hydrogens is 308 g/mol. The van der Waals surface area contributed by atoms with E-state index in [2.05, 4.69) is 41.3 Å². The molecule has 88 valence electrons. The molecule has 5 unspecified atom stereocenters. The molecular formula is C5H15NO3P6. The topological polar surface area (TPSA) is 55.4 Å². The summed E-state index contributed by atoms with van der Waals surface area (Å²) in [6.07, 6.45) is 0.155.